The maximum Gasteiger partial charge on any atom is 0.272 e. The molecule has 0 N–H and O–H groups in total. The Kier molecular flexibility index (Phi) is 4.86. The second-order valence-corrected chi connectivity index (χ2v) is 6.60. The van der Waals surface area contributed by atoms with E-state index in [0.717, 1.165) is 31.8 Å². The van der Waals surface area contributed by atoms with E-state index in [-0.39, 0.29) is 11.3 Å². The van der Waals surface area contributed by atoms with Gasteiger partial charge < -0.3 is 4.90 Å². The van der Waals surface area contributed by atoms with Gasteiger partial charge in [-0.15, -0.1) is 11.3 Å². The minimum atomic E-state index is -0.852. The molecule has 24 heavy (non-hydrogen) atoms. The van der Waals surface area contributed by atoms with Gasteiger partial charge in [0.2, 0.25) is 0 Å². The number of hydrogen-bond donors (Lipinski definition) is 0. The van der Waals surface area contributed by atoms with Gasteiger partial charge in [-0.05, 0) is 17.5 Å². The summed E-state index contributed by atoms with van der Waals surface area (Å²) in [7, 11) is 0. The van der Waals surface area contributed by atoms with Crippen LogP contribution in [-0.2, 0) is 6.54 Å². The first-order valence-electron chi connectivity index (χ1n) is 7.52. The molecule has 126 valence electrons. The van der Waals surface area contributed by atoms with Crippen LogP contribution in [0.2, 0.25) is 0 Å². The third-order valence-electron chi connectivity index (χ3n) is 4.01. The van der Waals surface area contributed by atoms with Crippen LogP contribution in [0.15, 0.2) is 35.7 Å². The first-order chi connectivity index (χ1) is 11.5. The number of hydrogen-bond acceptors (Lipinski definition) is 5. The van der Waals surface area contributed by atoms with Crippen LogP contribution in [0, 0.1) is 15.9 Å². The van der Waals surface area contributed by atoms with E-state index in [1.165, 1.54) is 10.9 Å². The summed E-state index contributed by atoms with van der Waals surface area (Å²) in [5, 5.41) is 12.7. The molecule has 2 aromatic rings. The number of carbonyl (C=O) groups is 1. The second kappa shape index (κ2) is 7.06. The van der Waals surface area contributed by atoms with Crippen molar-refractivity contribution in [2.75, 3.05) is 26.2 Å². The summed E-state index contributed by atoms with van der Waals surface area (Å²) in [4.78, 5) is 27.5. The van der Waals surface area contributed by atoms with Crippen molar-refractivity contribution < 1.29 is 14.1 Å². The van der Waals surface area contributed by atoms with Crippen molar-refractivity contribution in [2.45, 2.75) is 6.54 Å². The van der Waals surface area contributed by atoms with Crippen molar-refractivity contribution in [3.05, 3.63) is 62.1 Å². The largest absolute Gasteiger partial charge is 0.336 e. The van der Waals surface area contributed by atoms with Gasteiger partial charge in [0.15, 0.2) is 0 Å². The zero-order chi connectivity index (χ0) is 17.1. The number of nitro groups is 1. The highest BCUT2D eigenvalue weighted by Crippen LogP contribution is 2.19. The van der Waals surface area contributed by atoms with E-state index in [1.54, 1.807) is 16.2 Å². The van der Waals surface area contributed by atoms with Crippen molar-refractivity contribution >= 4 is 22.9 Å². The monoisotopic (exact) mass is 349 g/mol. The van der Waals surface area contributed by atoms with Gasteiger partial charge in [-0.1, -0.05) is 6.07 Å². The molecule has 0 aliphatic carbocycles. The maximum absolute atomic E-state index is 14.0. The number of nitro benzene ring substituents is 1. The van der Waals surface area contributed by atoms with Crippen LogP contribution in [0.25, 0.3) is 0 Å². The Hall–Kier alpha value is -2.32. The molecule has 3 rings (SSSR count). The first-order valence-corrected chi connectivity index (χ1v) is 8.40. The van der Waals surface area contributed by atoms with Crippen molar-refractivity contribution in [1.29, 1.82) is 0 Å². The number of thiophene rings is 1. The molecule has 1 aromatic carbocycles. The van der Waals surface area contributed by atoms with E-state index in [9.17, 15) is 19.3 Å². The fourth-order valence-electron chi connectivity index (χ4n) is 2.69. The third kappa shape index (κ3) is 3.60. The molecule has 1 saturated heterocycles. The predicted octanol–water partition coefficient (Wildman–Crippen LogP) is 2.75. The highest BCUT2D eigenvalue weighted by molar-refractivity contribution is 7.09. The number of nitrogens with zero attached hydrogens (tertiary/aromatic N) is 3. The SMILES string of the molecule is O=C(c1ccc([N+](=O)[O-])cc1F)N1CCN(Cc2cccs2)CC1. The maximum atomic E-state index is 14.0. The summed E-state index contributed by atoms with van der Waals surface area (Å²) in [6.45, 7) is 3.32. The molecule has 2 heterocycles. The quantitative estimate of drug-likeness (QED) is 0.629. The number of piperazine rings is 1. The van der Waals surface area contributed by atoms with Crippen LogP contribution in [0.1, 0.15) is 15.2 Å². The number of non-ortho nitro benzene ring substituents is 1. The Morgan fingerprint density at radius 2 is 2.00 bits per heavy atom. The molecule has 1 fully saturated rings. The van der Waals surface area contributed by atoms with Crippen molar-refractivity contribution in [2.24, 2.45) is 0 Å². The fourth-order valence-corrected chi connectivity index (χ4v) is 3.44. The van der Waals surface area contributed by atoms with E-state index in [0.29, 0.717) is 13.1 Å². The van der Waals surface area contributed by atoms with Crippen LogP contribution < -0.4 is 0 Å². The highest BCUT2D eigenvalue weighted by Gasteiger charge is 2.25. The van der Waals surface area contributed by atoms with Gasteiger partial charge in [0.05, 0.1) is 16.6 Å². The molecule has 0 unspecified atom stereocenters. The van der Waals surface area contributed by atoms with Gasteiger partial charge in [-0.3, -0.25) is 19.8 Å². The summed E-state index contributed by atoms with van der Waals surface area (Å²) >= 11 is 1.70. The topological polar surface area (TPSA) is 66.7 Å². The van der Waals surface area contributed by atoms with Crippen LogP contribution in [0.5, 0.6) is 0 Å². The van der Waals surface area contributed by atoms with E-state index >= 15 is 0 Å². The van der Waals surface area contributed by atoms with Gasteiger partial charge >= 0.3 is 0 Å². The molecule has 1 aliphatic rings. The van der Waals surface area contributed by atoms with Crippen molar-refractivity contribution in [3.8, 4) is 0 Å². The number of halogens is 1. The molecular formula is C16H16FN3O3S. The lowest BCUT2D eigenvalue weighted by molar-refractivity contribution is -0.385. The standard InChI is InChI=1S/C16H16FN3O3S/c17-15-10-12(20(22)23)3-4-14(15)16(21)19-7-5-18(6-8-19)11-13-2-1-9-24-13/h1-4,9-10H,5-8,11H2. The molecule has 0 radical (unpaired) electrons. The fraction of sp³-hybridized carbons (Fsp3) is 0.312. The zero-order valence-electron chi connectivity index (χ0n) is 12.9. The molecule has 0 bridgehead atoms. The molecule has 8 heteroatoms. The summed E-state index contributed by atoms with van der Waals surface area (Å²) in [6.07, 6.45) is 0. The van der Waals surface area contributed by atoms with Crippen LogP contribution in [0.4, 0.5) is 10.1 Å². The van der Waals surface area contributed by atoms with Gasteiger partial charge in [0, 0.05) is 43.7 Å². The van der Waals surface area contributed by atoms with Crippen LogP contribution in [0.3, 0.4) is 0 Å². The number of benzene rings is 1. The Morgan fingerprint density at radius 1 is 1.25 bits per heavy atom. The average Bonchev–Trinajstić information content (AvgIpc) is 3.08. The summed E-state index contributed by atoms with van der Waals surface area (Å²) in [6, 6.07) is 7.23. The summed E-state index contributed by atoms with van der Waals surface area (Å²) < 4.78 is 14.0. The Labute approximate surface area is 142 Å². The third-order valence-corrected chi connectivity index (χ3v) is 4.87. The van der Waals surface area contributed by atoms with Gasteiger partial charge in [-0.2, -0.15) is 0 Å². The van der Waals surface area contributed by atoms with Crippen LogP contribution >= 0.6 is 11.3 Å². The molecule has 0 spiro atoms. The highest BCUT2D eigenvalue weighted by atomic mass is 32.1. The lowest BCUT2D eigenvalue weighted by Crippen LogP contribution is -2.48. The molecule has 1 aliphatic heterocycles. The van der Waals surface area contributed by atoms with Crippen molar-refractivity contribution in [3.63, 3.8) is 0 Å². The lowest BCUT2D eigenvalue weighted by atomic mass is 10.1. The Morgan fingerprint density at radius 3 is 2.58 bits per heavy atom. The lowest BCUT2D eigenvalue weighted by Gasteiger charge is -2.34. The molecule has 0 atom stereocenters. The molecule has 0 saturated carbocycles. The summed E-state index contributed by atoms with van der Waals surface area (Å²) in [5.41, 5.74) is -0.475. The first kappa shape index (κ1) is 16.5. The molecule has 1 aromatic heterocycles. The van der Waals surface area contributed by atoms with E-state index in [4.69, 9.17) is 0 Å². The number of amides is 1. The van der Waals surface area contributed by atoms with E-state index in [2.05, 4.69) is 11.0 Å². The average molecular weight is 349 g/mol. The van der Waals surface area contributed by atoms with E-state index < -0.39 is 16.6 Å². The minimum absolute atomic E-state index is 0.118. The normalized spacial score (nSPS) is 15.5. The van der Waals surface area contributed by atoms with Crippen LogP contribution in [-0.4, -0.2) is 46.8 Å². The molecule has 1 amide bonds. The minimum Gasteiger partial charge on any atom is -0.336 e. The smallest absolute Gasteiger partial charge is 0.272 e. The molecular weight excluding hydrogens is 333 g/mol. The van der Waals surface area contributed by atoms with Crippen molar-refractivity contribution in [1.82, 2.24) is 9.80 Å². The summed E-state index contributed by atoms with van der Waals surface area (Å²) in [5.74, 6) is -1.27. The Balaban J connectivity index is 1.62. The second-order valence-electron chi connectivity index (χ2n) is 5.57. The van der Waals surface area contributed by atoms with E-state index in [1.807, 2.05) is 11.4 Å². The number of carbonyl (C=O) groups excluding carboxylic acids is 1. The number of rotatable bonds is 4. The predicted molar refractivity (Wildman–Crippen MR) is 88.6 cm³/mol. The Bertz CT molecular complexity index is 743. The van der Waals surface area contributed by atoms with Gasteiger partial charge in [0.1, 0.15) is 5.82 Å². The van der Waals surface area contributed by atoms with Gasteiger partial charge in [0.25, 0.3) is 11.6 Å². The van der Waals surface area contributed by atoms with Gasteiger partial charge in [-0.25, -0.2) is 4.39 Å². The molecule has 6 nitrogen and oxygen atoms in total. The zero-order valence-corrected chi connectivity index (χ0v) is 13.7.